The number of hydrogen-bond donors (Lipinski definition) is 1. The first-order chi connectivity index (χ1) is 9.10. The summed E-state index contributed by atoms with van der Waals surface area (Å²) in [6.45, 7) is 2.86. The molecular formula is C14H19BrN2O2. The monoisotopic (exact) mass is 326 g/mol. The molecule has 1 aliphatic rings. The van der Waals surface area contributed by atoms with E-state index in [0.717, 1.165) is 36.1 Å². The molecule has 0 aliphatic carbocycles. The van der Waals surface area contributed by atoms with E-state index in [-0.39, 0.29) is 0 Å². The van der Waals surface area contributed by atoms with Crippen molar-refractivity contribution in [2.24, 2.45) is 0 Å². The summed E-state index contributed by atoms with van der Waals surface area (Å²) in [5.74, 6) is 0.0439. The third kappa shape index (κ3) is 2.76. The fraction of sp³-hybridized carbons (Fsp3) is 0.571. The van der Waals surface area contributed by atoms with Gasteiger partial charge in [-0.05, 0) is 47.3 Å². The van der Waals surface area contributed by atoms with Crippen molar-refractivity contribution in [3.8, 4) is 0 Å². The molecule has 0 spiro atoms. The van der Waals surface area contributed by atoms with E-state index in [1.165, 1.54) is 0 Å². The summed E-state index contributed by atoms with van der Waals surface area (Å²) in [4.78, 5) is 18.1. The number of carbonyl (C=O) groups is 1. The lowest BCUT2D eigenvalue weighted by Gasteiger charge is -2.35. The van der Waals surface area contributed by atoms with Crippen LogP contribution >= 0.6 is 15.9 Å². The number of aromatic nitrogens is 1. The average Bonchev–Trinajstić information content (AvgIpc) is 2.82. The maximum atomic E-state index is 11.8. The minimum Gasteiger partial charge on any atom is -0.479 e. The number of hydrogen-bond acceptors (Lipinski definition) is 3. The Kier molecular flexibility index (Phi) is 4.45. The van der Waals surface area contributed by atoms with Crippen molar-refractivity contribution >= 4 is 27.7 Å². The molecule has 2 heterocycles. The van der Waals surface area contributed by atoms with Crippen LogP contribution in [-0.2, 0) is 4.79 Å². The van der Waals surface area contributed by atoms with Crippen LogP contribution in [0.5, 0.6) is 0 Å². The number of carboxylic acids is 1. The summed E-state index contributed by atoms with van der Waals surface area (Å²) in [5, 5.41) is 9.70. The molecule has 1 aromatic rings. The average molecular weight is 327 g/mol. The normalized spacial score (nSPS) is 22.7. The molecule has 104 valence electrons. The molecule has 1 fully saturated rings. The van der Waals surface area contributed by atoms with E-state index in [9.17, 15) is 9.90 Å². The van der Waals surface area contributed by atoms with Gasteiger partial charge in [-0.2, -0.15) is 0 Å². The van der Waals surface area contributed by atoms with Crippen molar-refractivity contribution in [1.82, 2.24) is 4.98 Å². The van der Waals surface area contributed by atoms with Crippen LogP contribution in [0.2, 0.25) is 0 Å². The molecule has 1 saturated heterocycles. The number of carboxylic acid groups (broad SMARTS) is 1. The van der Waals surface area contributed by atoms with Gasteiger partial charge in [0.2, 0.25) is 0 Å². The van der Waals surface area contributed by atoms with Crippen LogP contribution in [0.4, 0.5) is 5.82 Å². The van der Waals surface area contributed by atoms with E-state index >= 15 is 0 Å². The second-order valence-corrected chi connectivity index (χ2v) is 5.95. The van der Waals surface area contributed by atoms with E-state index in [1.807, 2.05) is 17.0 Å². The van der Waals surface area contributed by atoms with Crippen molar-refractivity contribution < 1.29 is 9.90 Å². The Hall–Kier alpha value is -1.10. The Bertz CT molecular complexity index is 449. The summed E-state index contributed by atoms with van der Waals surface area (Å²) in [7, 11) is 0. The Morgan fingerprint density at radius 1 is 1.58 bits per heavy atom. The number of rotatable bonds is 5. The Morgan fingerprint density at radius 2 is 2.37 bits per heavy atom. The molecule has 2 rings (SSSR count). The van der Waals surface area contributed by atoms with Gasteiger partial charge in [0.1, 0.15) is 11.4 Å². The van der Waals surface area contributed by atoms with Gasteiger partial charge in [0.25, 0.3) is 0 Å². The lowest BCUT2D eigenvalue weighted by Crippen LogP contribution is -2.51. The first kappa shape index (κ1) is 14.3. The number of aliphatic carboxylic acids is 1. The molecule has 5 heteroatoms. The summed E-state index contributed by atoms with van der Waals surface area (Å²) in [6, 6.07) is 3.80. The molecule has 1 atom stereocenters. The first-order valence-electron chi connectivity index (χ1n) is 6.73. The van der Waals surface area contributed by atoms with Crippen molar-refractivity contribution in [2.45, 2.75) is 44.6 Å². The summed E-state index contributed by atoms with van der Waals surface area (Å²) < 4.78 is 0.907. The van der Waals surface area contributed by atoms with E-state index < -0.39 is 11.5 Å². The summed E-state index contributed by atoms with van der Waals surface area (Å²) >= 11 is 3.36. The topological polar surface area (TPSA) is 53.4 Å². The fourth-order valence-electron chi connectivity index (χ4n) is 2.80. The molecule has 19 heavy (non-hydrogen) atoms. The molecule has 0 aromatic carbocycles. The highest BCUT2D eigenvalue weighted by molar-refractivity contribution is 9.10. The predicted molar refractivity (Wildman–Crippen MR) is 78.4 cm³/mol. The van der Waals surface area contributed by atoms with Gasteiger partial charge in [0.05, 0.1) is 0 Å². The van der Waals surface area contributed by atoms with E-state index in [0.29, 0.717) is 12.8 Å². The Balaban J connectivity index is 2.31. The smallest absolute Gasteiger partial charge is 0.329 e. The maximum Gasteiger partial charge on any atom is 0.329 e. The van der Waals surface area contributed by atoms with Crippen LogP contribution in [0.3, 0.4) is 0 Å². The molecule has 1 unspecified atom stereocenters. The van der Waals surface area contributed by atoms with Gasteiger partial charge in [-0.3, -0.25) is 0 Å². The van der Waals surface area contributed by atoms with Gasteiger partial charge in [0.15, 0.2) is 0 Å². The molecule has 1 aliphatic heterocycles. The third-order valence-corrected chi connectivity index (χ3v) is 4.29. The minimum atomic E-state index is -0.767. The van der Waals surface area contributed by atoms with E-state index in [1.54, 1.807) is 6.20 Å². The predicted octanol–water partition coefficient (Wildman–Crippen LogP) is 3.46. The molecule has 1 N–H and O–H groups in total. The molecule has 4 nitrogen and oxygen atoms in total. The SMILES string of the molecule is CCCCC1(C(=O)O)CCCN1c1ccc(Br)cn1. The Morgan fingerprint density at radius 3 is 2.95 bits per heavy atom. The second kappa shape index (κ2) is 5.90. The van der Waals surface area contributed by atoms with Crippen LogP contribution in [-0.4, -0.2) is 28.1 Å². The van der Waals surface area contributed by atoms with Gasteiger partial charge in [0, 0.05) is 17.2 Å². The lowest BCUT2D eigenvalue weighted by atomic mass is 9.89. The zero-order valence-corrected chi connectivity index (χ0v) is 12.7. The molecule has 1 aromatic heterocycles. The molecule has 0 radical (unpaired) electrons. The highest BCUT2D eigenvalue weighted by atomic mass is 79.9. The largest absolute Gasteiger partial charge is 0.479 e. The Labute approximate surface area is 122 Å². The number of pyridine rings is 1. The van der Waals surface area contributed by atoms with Crippen LogP contribution in [0, 0.1) is 0 Å². The fourth-order valence-corrected chi connectivity index (χ4v) is 3.03. The van der Waals surface area contributed by atoms with Crippen molar-refractivity contribution in [3.63, 3.8) is 0 Å². The van der Waals surface area contributed by atoms with Crippen LogP contribution < -0.4 is 4.90 Å². The zero-order valence-electron chi connectivity index (χ0n) is 11.1. The summed E-state index contributed by atoms with van der Waals surface area (Å²) in [6.07, 6.45) is 5.97. The van der Waals surface area contributed by atoms with Crippen LogP contribution in [0.15, 0.2) is 22.8 Å². The van der Waals surface area contributed by atoms with Crippen molar-refractivity contribution in [3.05, 3.63) is 22.8 Å². The first-order valence-corrected chi connectivity index (χ1v) is 7.52. The number of nitrogens with zero attached hydrogens (tertiary/aromatic N) is 2. The quantitative estimate of drug-likeness (QED) is 0.900. The highest BCUT2D eigenvalue weighted by Crippen LogP contribution is 2.37. The van der Waals surface area contributed by atoms with Crippen LogP contribution in [0.25, 0.3) is 0 Å². The van der Waals surface area contributed by atoms with E-state index in [4.69, 9.17) is 0 Å². The highest BCUT2D eigenvalue weighted by Gasteiger charge is 2.47. The third-order valence-electron chi connectivity index (χ3n) is 3.82. The van der Waals surface area contributed by atoms with Gasteiger partial charge >= 0.3 is 5.97 Å². The van der Waals surface area contributed by atoms with Crippen molar-refractivity contribution in [2.75, 3.05) is 11.4 Å². The molecule has 0 bridgehead atoms. The van der Waals surface area contributed by atoms with Gasteiger partial charge < -0.3 is 10.0 Å². The lowest BCUT2D eigenvalue weighted by molar-refractivity contribution is -0.143. The molecule has 0 saturated carbocycles. The number of unbranched alkanes of at least 4 members (excludes halogenated alkanes) is 1. The van der Waals surface area contributed by atoms with Gasteiger partial charge in [-0.1, -0.05) is 19.8 Å². The standard InChI is InChI=1S/C14H19BrN2O2/c1-2-3-7-14(13(18)19)8-4-9-17(14)12-6-5-11(15)10-16-12/h5-6,10H,2-4,7-9H2,1H3,(H,18,19). The minimum absolute atomic E-state index is 0.691. The van der Waals surface area contributed by atoms with E-state index in [2.05, 4.69) is 27.8 Å². The van der Waals surface area contributed by atoms with Gasteiger partial charge in [-0.15, -0.1) is 0 Å². The number of halogens is 1. The van der Waals surface area contributed by atoms with Crippen LogP contribution in [0.1, 0.15) is 39.0 Å². The number of anilines is 1. The van der Waals surface area contributed by atoms with Crippen molar-refractivity contribution in [1.29, 1.82) is 0 Å². The maximum absolute atomic E-state index is 11.8. The zero-order chi connectivity index (χ0) is 13.9. The second-order valence-electron chi connectivity index (χ2n) is 5.03. The molecule has 0 amide bonds. The summed E-state index contributed by atoms with van der Waals surface area (Å²) in [5.41, 5.74) is -0.767. The van der Waals surface area contributed by atoms with Gasteiger partial charge in [-0.25, -0.2) is 9.78 Å². The molecular weight excluding hydrogens is 308 g/mol.